The van der Waals surface area contributed by atoms with Crippen molar-refractivity contribution in [3.63, 3.8) is 0 Å². The third kappa shape index (κ3) is 3.73. The molecule has 1 atom stereocenters. The minimum absolute atomic E-state index is 0.262. The summed E-state index contributed by atoms with van der Waals surface area (Å²) in [6, 6.07) is 10.6. The van der Waals surface area contributed by atoms with Crippen molar-refractivity contribution in [2.45, 2.75) is 13.0 Å². The molecule has 0 bridgehead atoms. The predicted octanol–water partition coefficient (Wildman–Crippen LogP) is 3.98. The van der Waals surface area contributed by atoms with Crippen molar-refractivity contribution in [2.24, 2.45) is 0 Å². The molecule has 0 fully saturated rings. The van der Waals surface area contributed by atoms with Crippen LogP contribution in [-0.2, 0) is 0 Å². The summed E-state index contributed by atoms with van der Waals surface area (Å²) in [6.45, 7) is 1.82. The Morgan fingerprint density at radius 1 is 1.24 bits per heavy atom. The molecule has 1 amide bonds. The van der Waals surface area contributed by atoms with E-state index in [1.165, 1.54) is 19.2 Å². The van der Waals surface area contributed by atoms with Crippen LogP contribution < -0.4 is 10.1 Å². The van der Waals surface area contributed by atoms with Gasteiger partial charge in [0, 0.05) is 5.02 Å². The number of amides is 1. The Labute approximate surface area is 127 Å². The predicted molar refractivity (Wildman–Crippen MR) is 80.3 cm³/mol. The van der Waals surface area contributed by atoms with E-state index in [2.05, 4.69) is 5.32 Å². The van der Waals surface area contributed by atoms with Gasteiger partial charge in [0.05, 0.1) is 18.7 Å². The molecule has 21 heavy (non-hydrogen) atoms. The van der Waals surface area contributed by atoms with E-state index in [0.29, 0.717) is 16.3 Å². The number of carbonyl (C=O) groups is 1. The van der Waals surface area contributed by atoms with Gasteiger partial charge in [0.1, 0.15) is 11.6 Å². The van der Waals surface area contributed by atoms with Crippen LogP contribution in [-0.4, -0.2) is 13.0 Å². The van der Waals surface area contributed by atoms with Gasteiger partial charge in [-0.1, -0.05) is 23.7 Å². The van der Waals surface area contributed by atoms with E-state index >= 15 is 0 Å². The summed E-state index contributed by atoms with van der Waals surface area (Å²) in [4.78, 5) is 12.3. The van der Waals surface area contributed by atoms with Crippen LogP contribution in [0, 0.1) is 5.82 Å². The molecule has 0 saturated carbocycles. The third-order valence-electron chi connectivity index (χ3n) is 3.12. The quantitative estimate of drug-likeness (QED) is 0.928. The van der Waals surface area contributed by atoms with E-state index in [1.807, 2.05) is 6.92 Å². The van der Waals surface area contributed by atoms with Crippen LogP contribution in [0.4, 0.5) is 4.39 Å². The Kier molecular flexibility index (Phi) is 4.81. The van der Waals surface area contributed by atoms with Gasteiger partial charge in [-0.2, -0.15) is 0 Å². The first kappa shape index (κ1) is 15.3. The molecule has 0 heterocycles. The standard InChI is InChI=1S/C16H15ClFNO2/c1-10(11-3-6-13(18)7-4-11)19-16(20)14-9-12(17)5-8-15(14)21-2/h3-10H,1-2H3,(H,19,20)/t10-/m1/s1. The second-order valence-electron chi connectivity index (χ2n) is 4.59. The van der Waals surface area contributed by atoms with E-state index in [9.17, 15) is 9.18 Å². The number of hydrogen-bond acceptors (Lipinski definition) is 2. The Bertz CT molecular complexity index is 643. The molecule has 0 spiro atoms. The second kappa shape index (κ2) is 6.59. The van der Waals surface area contributed by atoms with Crippen LogP contribution in [0.15, 0.2) is 42.5 Å². The van der Waals surface area contributed by atoms with Gasteiger partial charge in [-0.15, -0.1) is 0 Å². The number of halogens is 2. The summed E-state index contributed by atoms with van der Waals surface area (Å²) in [6.07, 6.45) is 0. The summed E-state index contributed by atoms with van der Waals surface area (Å²) in [5.41, 5.74) is 1.17. The zero-order valence-corrected chi connectivity index (χ0v) is 12.4. The molecule has 3 nitrogen and oxygen atoms in total. The number of hydrogen-bond donors (Lipinski definition) is 1. The van der Waals surface area contributed by atoms with Crippen LogP contribution >= 0.6 is 11.6 Å². The normalized spacial score (nSPS) is 11.8. The first-order chi connectivity index (χ1) is 10.0. The van der Waals surface area contributed by atoms with E-state index in [1.54, 1.807) is 30.3 Å². The fourth-order valence-electron chi connectivity index (χ4n) is 1.97. The topological polar surface area (TPSA) is 38.3 Å². The van der Waals surface area contributed by atoms with E-state index in [0.717, 1.165) is 5.56 Å². The fourth-order valence-corrected chi connectivity index (χ4v) is 2.14. The summed E-state index contributed by atoms with van der Waals surface area (Å²) in [5, 5.41) is 3.29. The van der Waals surface area contributed by atoms with Gasteiger partial charge in [-0.05, 0) is 42.8 Å². The molecule has 0 unspecified atom stereocenters. The van der Waals surface area contributed by atoms with Crippen LogP contribution in [0.5, 0.6) is 5.75 Å². The lowest BCUT2D eigenvalue weighted by molar-refractivity contribution is 0.0937. The number of rotatable bonds is 4. The lowest BCUT2D eigenvalue weighted by atomic mass is 10.1. The highest BCUT2D eigenvalue weighted by Crippen LogP contribution is 2.23. The van der Waals surface area contributed by atoms with Crippen molar-refractivity contribution in [1.29, 1.82) is 0 Å². The summed E-state index contributed by atoms with van der Waals surface area (Å²) in [7, 11) is 1.49. The SMILES string of the molecule is COc1ccc(Cl)cc1C(=O)N[C@H](C)c1ccc(F)cc1. The third-order valence-corrected chi connectivity index (χ3v) is 3.36. The maximum Gasteiger partial charge on any atom is 0.255 e. The molecule has 0 radical (unpaired) electrons. The molecule has 2 aromatic carbocycles. The molecule has 0 aliphatic heterocycles. The first-order valence-corrected chi connectivity index (χ1v) is 6.79. The van der Waals surface area contributed by atoms with Gasteiger partial charge in [-0.3, -0.25) is 4.79 Å². The van der Waals surface area contributed by atoms with Gasteiger partial charge >= 0.3 is 0 Å². The van der Waals surface area contributed by atoms with Crippen LogP contribution in [0.1, 0.15) is 28.9 Å². The average Bonchev–Trinajstić information content (AvgIpc) is 2.47. The fraction of sp³-hybridized carbons (Fsp3) is 0.188. The van der Waals surface area contributed by atoms with Gasteiger partial charge in [0.25, 0.3) is 5.91 Å². The second-order valence-corrected chi connectivity index (χ2v) is 5.03. The highest BCUT2D eigenvalue weighted by atomic mass is 35.5. The lowest BCUT2D eigenvalue weighted by Crippen LogP contribution is -2.27. The molecule has 2 rings (SSSR count). The molecular formula is C16H15ClFNO2. The Morgan fingerprint density at radius 2 is 1.90 bits per heavy atom. The van der Waals surface area contributed by atoms with Crippen molar-refractivity contribution in [1.82, 2.24) is 5.32 Å². The molecule has 5 heteroatoms. The first-order valence-electron chi connectivity index (χ1n) is 6.41. The minimum Gasteiger partial charge on any atom is -0.496 e. The van der Waals surface area contributed by atoms with Gasteiger partial charge in [0.2, 0.25) is 0 Å². The van der Waals surface area contributed by atoms with Crippen molar-refractivity contribution >= 4 is 17.5 Å². The number of benzene rings is 2. The van der Waals surface area contributed by atoms with Crippen LogP contribution in [0.2, 0.25) is 5.02 Å². The number of methoxy groups -OCH3 is 1. The molecule has 1 N–H and O–H groups in total. The molecule has 0 aliphatic carbocycles. The minimum atomic E-state index is -0.311. The van der Waals surface area contributed by atoms with E-state index in [4.69, 9.17) is 16.3 Å². The van der Waals surface area contributed by atoms with Crippen molar-refractivity contribution in [2.75, 3.05) is 7.11 Å². The smallest absolute Gasteiger partial charge is 0.255 e. The summed E-state index contributed by atoms with van der Waals surface area (Å²) >= 11 is 5.91. The van der Waals surface area contributed by atoms with Crippen molar-refractivity contribution in [3.8, 4) is 5.75 Å². The molecule has 2 aromatic rings. The highest BCUT2D eigenvalue weighted by Gasteiger charge is 2.16. The highest BCUT2D eigenvalue weighted by molar-refractivity contribution is 6.31. The average molecular weight is 308 g/mol. The van der Waals surface area contributed by atoms with E-state index in [-0.39, 0.29) is 17.8 Å². The number of ether oxygens (including phenoxy) is 1. The number of carbonyl (C=O) groups excluding carboxylic acids is 1. The van der Waals surface area contributed by atoms with Gasteiger partial charge in [0.15, 0.2) is 0 Å². The zero-order valence-electron chi connectivity index (χ0n) is 11.7. The van der Waals surface area contributed by atoms with Gasteiger partial charge in [-0.25, -0.2) is 4.39 Å². The maximum atomic E-state index is 12.9. The van der Waals surface area contributed by atoms with Crippen molar-refractivity contribution in [3.05, 3.63) is 64.4 Å². The molecule has 110 valence electrons. The molecule has 0 saturated heterocycles. The van der Waals surface area contributed by atoms with Crippen LogP contribution in [0.3, 0.4) is 0 Å². The molecule has 0 aromatic heterocycles. The summed E-state index contributed by atoms with van der Waals surface area (Å²) in [5.74, 6) is -0.164. The van der Waals surface area contributed by atoms with Gasteiger partial charge < -0.3 is 10.1 Å². The largest absolute Gasteiger partial charge is 0.496 e. The van der Waals surface area contributed by atoms with Crippen LogP contribution in [0.25, 0.3) is 0 Å². The summed E-state index contributed by atoms with van der Waals surface area (Å²) < 4.78 is 18.1. The maximum absolute atomic E-state index is 12.9. The number of nitrogens with one attached hydrogen (secondary N) is 1. The lowest BCUT2D eigenvalue weighted by Gasteiger charge is -2.16. The zero-order chi connectivity index (χ0) is 15.4. The Morgan fingerprint density at radius 3 is 2.52 bits per heavy atom. The Hall–Kier alpha value is -2.07. The monoisotopic (exact) mass is 307 g/mol. The molecule has 0 aliphatic rings. The Balaban J connectivity index is 2.17. The van der Waals surface area contributed by atoms with E-state index < -0.39 is 0 Å². The molecular weight excluding hydrogens is 293 g/mol. The van der Waals surface area contributed by atoms with Crippen molar-refractivity contribution < 1.29 is 13.9 Å².